The van der Waals surface area contributed by atoms with Gasteiger partial charge in [0.15, 0.2) is 0 Å². The summed E-state index contributed by atoms with van der Waals surface area (Å²) < 4.78 is 7.68. The monoisotopic (exact) mass is 368 g/mol. The van der Waals surface area contributed by atoms with Crippen molar-refractivity contribution < 1.29 is 4.74 Å². The van der Waals surface area contributed by atoms with E-state index in [1.165, 1.54) is 5.56 Å². The summed E-state index contributed by atoms with van der Waals surface area (Å²) in [6.45, 7) is 6.56. The van der Waals surface area contributed by atoms with E-state index in [4.69, 9.17) is 4.74 Å². The van der Waals surface area contributed by atoms with Gasteiger partial charge in [0.1, 0.15) is 5.75 Å². The van der Waals surface area contributed by atoms with Crippen LogP contribution in [0.2, 0.25) is 0 Å². The van der Waals surface area contributed by atoms with Gasteiger partial charge in [0.25, 0.3) is 0 Å². The Morgan fingerprint density at radius 2 is 1.86 bits per heavy atom. The van der Waals surface area contributed by atoms with Gasteiger partial charge < -0.3 is 4.74 Å². The molecule has 1 rings (SSSR count). The van der Waals surface area contributed by atoms with Crippen LogP contribution in [0.1, 0.15) is 26.3 Å². The molecule has 0 amide bonds. The van der Waals surface area contributed by atoms with E-state index >= 15 is 0 Å². The van der Waals surface area contributed by atoms with Gasteiger partial charge in [0.05, 0.1) is 10.7 Å². The summed E-state index contributed by atoms with van der Waals surface area (Å²) in [5, 5.41) is 0. The summed E-state index contributed by atoms with van der Waals surface area (Å²) in [4.78, 5) is 0. The second kappa shape index (κ2) is 4.39. The summed E-state index contributed by atoms with van der Waals surface area (Å²) in [6, 6.07) is 4.19. The molecule has 0 bridgehead atoms. The standard InChI is InChI=1S/C11H14BrIO/c1-11(2,3)8-5-7(12)6-9(13)10(8)14-4/h5-6H,1-4H3. The molecule has 0 spiro atoms. The fourth-order valence-electron chi connectivity index (χ4n) is 1.32. The Labute approximate surface area is 107 Å². The van der Waals surface area contributed by atoms with Crippen molar-refractivity contribution in [1.29, 1.82) is 0 Å². The number of hydrogen-bond acceptors (Lipinski definition) is 1. The summed E-state index contributed by atoms with van der Waals surface area (Å²) in [7, 11) is 1.72. The van der Waals surface area contributed by atoms with E-state index in [-0.39, 0.29) is 5.41 Å². The van der Waals surface area contributed by atoms with Crippen molar-refractivity contribution >= 4 is 38.5 Å². The minimum absolute atomic E-state index is 0.106. The smallest absolute Gasteiger partial charge is 0.135 e. The molecule has 0 saturated heterocycles. The van der Waals surface area contributed by atoms with E-state index in [1.807, 2.05) is 0 Å². The molecule has 1 aromatic rings. The zero-order valence-corrected chi connectivity index (χ0v) is 12.6. The highest BCUT2D eigenvalue weighted by molar-refractivity contribution is 14.1. The normalized spacial score (nSPS) is 11.6. The maximum absolute atomic E-state index is 5.43. The van der Waals surface area contributed by atoms with Gasteiger partial charge in [-0.2, -0.15) is 0 Å². The maximum Gasteiger partial charge on any atom is 0.135 e. The van der Waals surface area contributed by atoms with Crippen LogP contribution >= 0.6 is 38.5 Å². The lowest BCUT2D eigenvalue weighted by molar-refractivity contribution is 0.394. The van der Waals surface area contributed by atoms with Gasteiger partial charge in [-0.3, -0.25) is 0 Å². The highest BCUT2D eigenvalue weighted by Gasteiger charge is 2.21. The third-order valence-corrected chi connectivity index (χ3v) is 3.28. The number of halogens is 2. The fraction of sp³-hybridized carbons (Fsp3) is 0.455. The molecule has 0 N–H and O–H groups in total. The third kappa shape index (κ3) is 2.63. The Balaban J connectivity index is 3.40. The average Bonchev–Trinajstić information content (AvgIpc) is 2.01. The van der Waals surface area contributed by atoms with Crippen molar-refractivity contribution in [3.05, 3.63) is 25.7 Å². The van der Waals surface area contributed by atoms with Crippen molar-refractivity contribution in [1.82, 2.24) is 0 Å². The molecule has 1 aromatic carbocycles. The molecule has 1 nitrogen and oxygen atoms in total. The highest BCUT2D eigenvalue weighted by atomic mass is 127. The van der Waals surface area contributed by atoms with Gasteiger partial charge >= 0.3 is 0 Å². The van der Waals surface area contributed by atoms with Crippen LogP contribution in [0.5, 0.6) is 5.75 Å². The van der Waals surface area contributed by atoms with Crippen molar-refractivity contribution in [2.75, 3.05) is 7.11 Å². The van der Waals surface area contributed by atoms with Crippen LogP contribution in [0, 0.1) is 3.57 Å². The Morgan fingerprint density at radius 1 is 1.29 bits per heavy atom. The molecule has 0 aliphatic rings. The quantitative estimate of drug-likeness (QED) is 0.669. The first-order valence-corrected chi connectivity index (χ1v) is 6.27. The van der Waals surface area contributed by atoms with Crippen LogP contribution in [0.4, 0.5) is 0 Å². The van der Waals surface area contributed by atoms with Crippen LogP contribution in [-0.2, 0) is 5.41 Å². The molecular formula is C11H14BrIO. The first-order valence-electron chi connectivity index (χ1n) is 4.40. The van der Waals surface area contributed by atoms with E-state index in [0.29, 0.717) is 0 Å². The number of ether oxygens (including phenoxy) is 1. The Morgan fingerprint density at radius 3 is 2.29 bits per heavy atom. The van der Waals surface area contributed by atoms with E-state index in [9.17, 15) is 0 Å². The molecule has 0 aliphatic heterocycles. The SMILES string of the molecule is COc1c(I)cc(Br)cc1C(C)(C)C. The van der Waals surface area contributed by atoms with E-state index in [1.54, 1.807) is 7.11 Å². The fourth-order valence-corrected chi connectivity index (χ4v) is 3.06. The summed E-state index contributed by atoms with van der Waals surface area (Å²) in [5.41, 5.74) is 1.34. The lowest BCUT2D eigenvalue weighted by atomic mass is 9.86. The predicted octanol–water partition coefficient (Wildman–Crippen LogP) is 4.36. The van der Waals surface area contributed by atoms with Crippen LogP contribution in [0.15, 0.2) is 16.6 Å². The van der Waals surface area contributed by atoms with Gasteiger partial charge in [-0.25, -0.2) is 0 Å². The molecule has 0 fully saturated rings. The van der Waals surface area contributed by atoms with Crippen molar-refractivity contribution in [2.45, 2.75) is 26.2 Å². The molecule has 78 valence electrons. The van der Waals surface area contributed by atoms with Crippen LogP contribution in [-0.4, -0.2) is 7.11 Å². The second-order valence-electron chi connectivity index (χ2n) is 4.22. The lowest BCUT2D eigenvalue weighted by Gasteiger charge is -2.23. The summed E-state index contributed by atoms with van der Waals surface area (Å²) in [6.07, 6.45) is 0. The lowest BCUT2D eigenvalue weighted by Crippen LogP contribution is -2.13. The average molecular weight is 369 g/mol. The van der Waals surface area contributed by atoms with Crippen molar-refractivity contribution in [3.8, 4) is 5.75 Å². The molecule has 0 radical (unpaired) electrons. The van der Waals surface area contributed by atoms with Gasteiger partial charge in [0, 0.05) is 10.0 Å². The van der Waals surface area contributed by atoms with Gasteiger partial charge in [-0.1, -0.05) is 36.7 Å². The minimum atomic E-state index is 0.106. The molecule has 0 aliphatic carbocycles. The van der Waals surface area contributed by atoms with Crippen LogP contribution in [0.25, 0.3) is 0 Å². The highest BCUT2D eigenvalue weighted by Crippen LogP contribution is 2.37. The molecule has 0 aromatic heterocycles. The molecule has 0 atom stereocenters. The molecule has 0 unspecified atom stereocenters. The van der Waals surface area contributed by atoms with Crippen LogP contribution < -0.4 is 4.74 Å². The van der Waals surface area contributed by atoms with E-state index in [2.05, 4.69) is 71.4 Å². The van der Waals surface area contributed by atoms with Crippen molar-refractivity contribution in [3.63, 3.8) is 0 Å². The zero-order chi connectivity index (χ0) is 10.9. The van der Waals surface area contributed by atoms with Crippen LogP contribution in [0.3, 0.4) is 0 Å². The third-order valence-electron chi connectivity index (χ3n) is 2.02. The van der Waals surface area contributed by atoms with Gasteiger partial charge in [-0.05, 0) is 40.1 Å². The Bertz CT molecular complexity index is 342. The zero-order valence-electron chi connectivity index (χ0n) is 8.82. The number of methoxy groups -OCH3 is 1. The number of benzene rings is 1. The topological polar surface area (TPSA) is 9.23 Å². The van der Waals surface area contributed by atoms with E-state index in [0.717, 1.165) is 13.8 Å². The Kier molecular flexibility index (Phi) is 3.86. The first-order chi connectivity index (χ1) is 6.36. The second-order valence-corrected chi connectivity index (χ2v) is 6.30. The molecule has 14 heavy (non-hydrogen) atoms. The summed E-state index contributed by atoms with van der Waals surface area (Å²) in [5.74, 6) is 0.987. The molecule has 0 saturated carbocycles. The summed E-state index contributed by atoms with van der Waals surface area (Å²) >= 11 is 5.81. The van der Waals surface area contributed by atoms with E-state index < -0.39 is 0 Å². The van der Waals surface area contributed by atoms with Gasteiger partial charge in [-0.15, -0.1) is 0 Å². The molecule has 0 heterocycles. The predicted molar refractivity (Wildman–Crippen MR) is 72.1 cm³/mol. The number of rotatable bonds is 1. The maximum atomic E-state index is 5.43. The molecular weight excluding hydrogens is 355 g/mol. The van der Waals surface area contributed by atoms with Crippen molar-refractivity contribution in [2.24, 2.45) is 0 Å². The number of hydrogen-bond donors (Lipinski definition) is 0. The largest absolute Gasteiger partial charge is 0.495 e. The van der Waals surface area contributed by atoms with Gasteiger partial charge in [0.2, 0.25) is 0 Å². The Hall–Kier alpha value is 0.230. The molecule has 3 heteroatoms. The first kappa shape index (κ1) is 12.3. The minimum Gasteiger partial charge on any atom is -0.495 e.